The third-order valence-electron chi connectivity index (χ3n) is 2.35. The molecule has 0 saturated carbocycles. The van der Waals surface area contributed by atoms with Crippen LogP contribution in [0.5, 0.6) is 0 Å². The molecule has 0 radical (unpaired) electrons. The standard InChI is InChI=1S/2C5H10O.2Na.H2O8S2.H2O2/c2*1-2-4-6-5-3-1;;;1-9(2,3)7-8-10(4,5)6;1-2/h2*1-5H2;;;(H,1,2,3)(H,4,5,6);1-2H/q;;2*+1;;/p-2. The van der Waals surface area contributed by atoms with Gasteiger partial charge < -0.3 is 18.6 Å². The first-order valence-corrected chi connectivity index (χ1v) is 9.52. The molecule has 16 heteroatoms. The van der Waals surface area contributed by atoms with Gasteiger partial charge in [-0.3, -0.25) is 10.5 Å². The Morgan fingerprint density at radius 2 is 0.846 bits per heavy atom. The van der Waals surface area contributed by atoms with Crippen molar-refractivity contribution < 1.29 is 114 Å². The normalized spacial score (nSPS) is 16.5. The maximum atomic E-state index is 9.37. The van der Waals surface area contributed by atoms with Crippen LogP contribution in [0, 0.1) is 0 Å². The topological polar surface area (TPSA) is 192 Å². The Morgan fingerprint density at radius 3 is 0.923 bits per heavy atom. The van der Waals surface area contributed by atoms with E-state index in [1.807, 2.05) is 0 Å². The van der Waals surface area contributed by atoms with E-state index in [-0.39, 0.29) is 59.1 Å². The summed E-state index contributed by atoms with van der Waals surface area (Å²) >= 11 is 0. The Bertz CT molecular complexity index is 395. The predicted octanol–water partition coefficient (Wildman–Crippen LogP) is -5.75. The van der Waals surface area contributed by atoms with Crippen LogP contribution in [0.25, 0.3) is 0 Å². The molecule has 2 fully saturated rings. The van der Waals surface area contributed by atoms with Gasteiger partial charge in [-0.05, 0) is 38.5 Å². The molecule has 0 aromatic carbocycles. The summed E-state index contributed by atoms with van der Waals surface area (Å²) in [5.74, 6) is 0. The van der Waals surface area contributed by atoms with Crippen LogP contribution >= 0.6 is 0 Å². The second-order valence-corrected chi connectivity index (χ2v) is 6.20. The van der Waals surface area contributed by atoms with Gasteiger partial charge in [0, 0.05) is 26.4 Å². The Balaban J connectivity index is -0.000000132. The summed E-state index contributed by atoms with van der Waals surface area (Å²) in [4.78, 5) is 0. The van der Waals surface area contributed by atoms with E-state index in [9.17, 15) is 25.9 Å². The molecular weight excluding hydrogens is 422 g/mol. The first-order chi connectivity index (χ1) is 11.2. The van der Waals surface area contributed by atoms with Gasteiger partial charge in [0.25, 0.3) is 0 Å². The summed E-state index contributed by atoms with van der Waals surface area (Å²) < 4.78 is 71.6. The minimum atomic E-state index is -5.31. The molecule has 0 bridgehead atoms. The summed E-state index contributed by atoms with van der Waals surface area (Å²) in [6.45, 7) is 4.00. The van der Waals surface area contributed by atoms with Gasteiger partial charge in [-0.2, -0.15) is 0 Å². The Hall–Kier alpha value is 1.58. The van der Waals surface area contributed by atoms with E-state index in [1.54, 1.807) is 0 Å². The monoisotopic (exact) mass is 444 g/mol. The van der Waals surface area contributed by atoms with Gasteiger partial charge in [0.15, 0.2) is 0 Å². The molecule has 12 nitrogen and oxygen atoms in total. The maximum Gasteiger partial charge on any atom is 1.00 e. The van der Waals surface area contributed by atoms with Crippen LogP contribution in [0.1, 0.15) is 38.5 Å². The first kappa shape index (κ1) is 35.0. The Kier molecular flexibility index (Phi) is 30.8. The van der Waals surface area contributed by atoms with Crippen LogP contribution in [0.2, 0.25) is 0 Å². The van der Waals surface area contributed by atoms with Gasteiger partial charge in [0.1, 0.15) is 0 Å². The average molecular weight is 444 g/mol. The molecular formula is C10H22Na2O12S2. The van der Waals surface area contributed by atoms with Gasteiger partial charge >= 0.3 is 59.1 Å². The summed E-state index contributed by atoms with van der Waals surface area (Å²) in [7, 11) is -10.6. The molecule has 2 aliphatic rings. The van der Waals surface area contributed by atoms with Crippen LogP contribution in [0.15, 0.2) is 0 Å². The fourth-order valence-electron chi connectivity index (χ4n) is 1.44. The minimum Gasteiger partial charge on any atom is -0.724 e. The number of rotatable bonds is 3. The van der Waals surface area contributed by atoms with Gasteiger partial charge in [-0.15, -0.1) is 8.67 Å². The molecule has 0 amide bonds. The summed E-state index contributed by atoms with van der Waals surface area (Å²) in [5, 5.41) is 12.0. The van der Waals surface area contributed by atoms with E-state index in [2.05, 4.69) is 8.67 Å². The summed E-state index contributed by atoms with van der Waals surface area (Å²) in [6.07, 6.45) is 7.86. The maximum absolute atomic E-state index is 9.37. The smallest absolute Gasteiger partial charge is 0.724 e. The van der Waals surface area contributed by atoms with E-state index >= 15 is 0 Å². The summed E-state index contributed by atoms with van der Waals surface area (Å²) in [6, 6.07) is 0. The fraction of sp³-hybridized carbons (Fsp3) is 1.00. The molecule has 2 saturated heterocycles. The van der Waals surface area contributed by atoms with Crippen molar-refractivity contribution in [3.63, 3.8) is 0 Å². The molecule has 26 heavy (non-hydrogen) atoms. The van der Waals surface area contributed by atoms with E-state index in [0.29, 0.717) is 0 Å². The van der Waals surface area contributed by atoms with Crippen molar-refractivity contribution in [2.45, 2.75) is 38.5 Å². The van der Waals surface area contributed by atoms with Crippen molar-refractivity contribution in [2.75, 3.05) is 26.4 Å². The van der Waals surface area contributed by atoms with Crippen LogP contribution in [0.4, 0.5) is 0 Å². The predicted molar refractivity (Wildman–Crippen MR) is 76.2 cm³/mol. The first-order valence-electron chi connectivity index (χ1n) is 6.85. The van der Waals surface area contributed by atoms with Gasteiger partial charge in [0.2, 0.25) is 20.8 Å². The van der Waals surface area contributed by atoms with Crippen molar-refractivity contribution in [2.24, 2.45) is 0 Å². The zero-order chi connectivity index (χ0) is 18.9. The Morgan fingerprint density at radius 1 is 0.615 bits per heavy atom. The van der Waals surface area contributed by atoms with Gasteiger partial charge in [-0.25, -0.2) is 16.8 Å². The van der Waals surface area contributed by atoms with Crippen molar-refractivity contribution >= 4 is 20.8 Å². The van der Waals surface area contributed by atoms with Gasteiger partial charge in [-0.1, -0.05) is 0 Å². The van der Waals surface area contributed by atoms with Crippen LogP contribution in [-0.4, -0.2) is 62.9 Å². The second-order valence-electron chi connectivity index (χ2n) is 4.30. The molecule has 0 aliphatic carbocycles. The largest absolute Gasteiger partial charge is 1.00 e. The zero-order valence-corrected chi connectivity index (χ0v) is 20.5. The molecule has 0 unspecified atom stereocenters. The third-order valence-corrected chi connectivity index (χ3v) is 2.90. The number of hydrogen-bond donors (Lipinski definition) is 2. The van der Waals surface area contributed by atoms with Gasteiger partial charge in [0.05, 0.1) is 0 Å². The Labute approximate surface area is 197 Å². The fourth-order valence-corrected chi connectivity index (χ4v) is 1.99. The van der Waals surface area contributed by atoms with Crippen molar-refractivity contribution in [1.82, 2.24) is 0 Å². The molecule has 148 valence electrons. The number of ether oxygens (including phenoxy) is 2. The molecule has 2 N–H and O–H groups in total. The molecule has 0 spiro atoms. The molecule has 0 aromatic heterocycles. The molecule has 2 aliphatic heterocycles. The van der Waals surface area contributed by atoms with Crippen LogP contribution in [-0.2, 0) is 38.9 Å². The quantitative estimate of drug-likeness (QED) is 0.138. The van der Waals surface area contributed by atoms with Crippen molar-refractivity contribution in [3.05, 3.63) is 0 Å². The van der Waals surface area contributed by atoms with E-state index in [4.69, 9.17) is 20.0 Å². The summed E-state index contributed by atoms with van der Waals surface area (Å²) in [5.41, 5.74) is 0. The minimum absolute atomic E-state index is 0. The van der Waals surface area contributed by atoms with E-state index < -0.39 is 20.8 Å². The zero-order valence-electron chi connectivity index (χ0n) is 14.9. The molecule has 2 rings (SSSR count). The van der Waals surface area contributed by atoms with E-state index in [1.165, 1.54) is 38.5 Å². The van der Waals surface area contributed by atoms with Crippen molar-refractivity contribution in [1.29, 1.82) is 0 Å². The van der Waals surface area contributed by atoms with Crippen molar-refractivity contribution in [3.8, 4) is 0 Å². The molecule has 0 atom stereocenters. The second kappa shape index (κ2) is 22.9. The SMILES string of the molecule is C1CCOCC1.C1CCOCC1.O=S(=O)([O-])OOS(=O)(=O)[O-].OO.[Na+].[Na+]. The van der Waals surface area contributed by atoms with Crippen LogP contribution < -0.4 is 59.1 Å². The molecule has 2 heterocycles. The van der Waals surface area contributed by atoms with E-state index in [0.717, 1.165) is 26.4 Å². The third kappa shape index (κ3) is 36.5. The van der Waals surface area contributed by atoms with Crippen LogP contribution in [0.3, 0.4) is 0 Å². The molecule has 0 aromatic rings. The number of hydrogen-bond acceptors (Lipinski definition) is 12. The average Bonchev–Trinajstić information content (AvgIpc) is 2.58.